The predicted octanol–water partition coefficient (Wildman–Crippen LogP) is 2.46. The summed E-state index contributed by atoms with van der Waals surface area (Å²) in [7, 11) is 0. The Morgan fingerprint density at radius 3 is 2.68 bits per heavy atom. The molecule has 2 aromatic carbocycles. The highest BCUT2D eigenvalue weighted by molar-refractivity contribution is 6.31. The molecule has 0 fully saturated rings. The van der Waals surface area contributed by atoms with E-state index in [0.717, 1.165) is 0 Å². The van der Waals surface area contributed by atoms with Crippen LogP contribution >= 0.6 is 11.6 Å². The normalized spacial score (nSPS) is 19.6. The first kappa shape index (κ1) is 14.6. The fraction of sp³-hybridized carbons (Fsp3) is 0.125. The summed E-state index contributed by atoms with van der Waals surface area (Å²) in [5.74, 6) is -1.42. The van der Waals surface area contributed by atoms with Crippen LogP contribution in [0.15, 0.2) is 42.5 Å². The monoisotopic (exact) mass is 317 g/mol. The van der Waals surface area contributed by atoms with Gasteiger partial charge in [0.1, 0.15) is 5.75 Å². The van der Waals surface area contributed by atoms with Crippen molar-refractivity contribution in [2.45, 2.75) is 12.0 Å². The Morgan fingerprint density at radius 2 is 1.95 bits per heavy atom. The Kier molecular flexibility index (Phi) is 3.39. The summed E-state index contributed by atoms with van der Waals surface area (Å²) in [6.07, 6.45) is -0.482. The van der Waals surface area contributed by atoms with Crippen LogP contribution in [-0.4, -0.2) is 21.9 Å². The molecule has 2 aromatic rings. The Balaban J connectivity index is 1.98. The number of phenolic OH excluding ortho intramolecular Hbond substituents is 1. The molecule has 1 aliphatic heterocycles. The maximum Gasteiger partial charge on any atom is 0.261 e. The quantitative estimate of drug-likeness (QED) is 0.759. The number of fused-ring (bicyclic) bond motifs is 1. The number of aliphatic hydroxyl groups is 1. The van der Waals surface area contributed by atoms with Crippen molar-refractivity contribution in [1.82, 2.24) is 0 Å². The average Bonchev–Trinajstić information content (AvgIpc) is 2.71. The average molecular weight is 318 g/mol. The molecule has 6 heteroatoms. The minimum atomic E-state index is -2.00. The van der Waals surface area contributed by atoms with Crippen molar-refractivity contribution in [2.75, 3.05) is 5.32 Å². The number of hydrogen-bond acceptors (Lipinski definition) is 4. The third-order valence-electron chi connectivity index (χ3n) is 3.67. The SMILES string of the molecule is O=C(C[C@]1(O)C(=O)Nc2ccc(Cl)cc21)c1ccccc1O. The molecule has 0 unspecified atom stereocenters. The van der Waals surface area contributed by atoms with Gasteiger partial charge < -0.3 is 15.5 Å². The van der Waals surface area contributed by atoms with Crippen LogP contribution in [0.5, 0.6) is 5.75 Å². The lowest BCUT2D eigenvalue weighted by molar-refractivity contribution is -0.133. The molecule has 3 N–H and O–H groups in total. The summed E-state index contributed by atoms with van der Waals surface area (Å²) in [4.78, 5) is 24.4. The van der Waals surface area contributed by atoms with Gasteiger partial charge in [0.15, 0.2) is 11.4 Å². The maximum atomic E-state index is 12.3. The van der Waals surface area contributed by atoms with Gasteiger partial charge >= 0.3 is 0 Å². The van der Waals surface area contributed by atoms with Gasteiger partial charge in [0, 0.05) is 16.3 Å². The van der Waals surface area contributed by atoms with E-state index in [0.29, 0.717) is 10.7 Å². The third-order valence-corrected chi connectivity index (χ3v) is 3.91. The molecule has 112 valence electrons. The number of halogens is 1. The number of benzene rings is 2. The second-order valence-corrected chi connectivity index (χ2v) is 5.56. The van der Waals surface area contributed by atoms with E-state index < -0.39 is 23.7 Å². The van der Waals surface area contributed by atoms with Crippen molar-refractivity contribution in [3.05, 3.63) is 58.6 Å². The van der Waals surface area contributed by atoms with E-state index in [1.807, 2.05) is 0 Å². The number of ketones is 1. The van der Waals surface area contributed by atoms with Crippen LogP contribution in [0.4, 0.5) is 5.69 Å². The molecular formula is C16H12ClNO4. The predicted molar refractivity (Wildman–Crippen MR) is 81.0 cm³/mol. The molecule has 0 saturated carbocycles. The highest BCUT2D eigenvalue weighted by Gasteiger charge is 2.47. The molecule has 1 amide bonds. The van der Waals surface area contributed by atoms with Crippen molar-refractivity contribution in [3.63, 3.8) is 0 Å². The van der Waals surface area contributed by atoms with Gasteiger partial charge in [-0.1, -0.05) is 23.7 Å². The number of rotatable bonds is 3. The number of nitrogens with one attached hydrogen (secondary N) is 1. The van der Waals surface area contributed by atoms with E-state index >= 15 is 0 Å². The number of anilines is 1. The zero-order valence-corrected chi connectivity index (χ0v) is 12.1. The maximum absolute atomic E-state index is 12.3. The van der Waals surface area contributed by atoms with E-state index in [2.05, 4.69) is 5.32 Å². The van der Waals surface area contributed by atoms with E-state index in [1.165, 1.54) is 18.2 Å². The van der Waals surface area contributed by atoms with Gasteiger partial charge in [-0.15, -0.1) is 0 Å². The number of Topliss-reactive ketones (excluding diaryl/α,β-unsaturated/α-hetero) is 1. The largest absolute Gasteiger partial charge is 0.507 e. The van der Waals surface area contributed by atoms with Crippen molar-refractivity contribution in [3.8, 4) is 5.75 Å². The lowest BCUT2D eigenvalue weighted by Gasteiger charge is -2.20. The smallest absolute Gasteiger partial charge is 0.261 e. The Hall–Kier alpha value is -2.37. The van der Waals surface area contributed by atoms with Crippen LogP contribution < -0.4 is 5.32 Å². The molecule has 0 spiro atoms. The van der Waals surface area contributed by atoms with Crippen LogP contribution in [0.3, 0.4) is 0 Å². The van der Waals surface area contributed by atoms with Crippen LogP contribution in [0, 0.1) is 0 Å². The number of para-hydroxylation sites is 1. The van der Waals surface area contributed by atoms with E-state index in [1.54, 1.807) is 24.3 Å². The molecule has 0 radical (unpaired) electrons. The molecule has 0 saturated heterocycles. The van der Waals surface area contributed by atoms with Crippen molar-refractivity contribution >= 4 is 29.0 Å². The van der Waals surface area contributed by atoms with Crippen LogP contribution in [-0.2, 0) is 10.4 Å². The van der Waals surface area contributed by atoms with E-state index in [9.17, 15) is 19.8 Å². The molecule has 5 nitrogen and oxygen atoms in total. The van der Waals surface area contributed by atoms with Gasteiger partial charge in [0.05, 0.1) is 12.0 Å². The highest BCUT2D eigenvalue weighted by Crippen LogP contribution is 2.40. The first-order valence-corrected chi connectivity index (χ1v) is 6.94. The van der Waals surface area contributed by atoms with Gasteiger partial charge in [-0.05, 0) is 30.3 Å². The molecule has 0 aliphatic carbocycles. The van der Waals surface area contributed by atoms with Crippen LogP contribution in [0.1, 0.15) is 22.3 Å². The first-order valence-electron chi connectivity index (χ1n) is 6.57. The molecule has 3 rings (SSSR count). The van der Waals surface area contributed by atoms with Gasteiger partial charge in [-0.3, -0.25) is 9.59 Å². The molecule has 22 heavy (non-hydrogen) atoms. The number of aromatic hydroxyl groups is 1. The van der Waals surface area contributed by atoms with Crippen molar-refractivity contribution in [2.24, 2.45) is 0 Å². The van der Waals surface area contributed by atoms with Crippen LogP contribution in [0.2, 0.25) is 5.02 Å². The molecule has 1 atom stereocenters. The minimum absolute atomic E-state index is 0.0548. The van der Waals surface area contributed by atoms with Crippen LogP contribution in [0.25, 0.3) is 0 Å². The Bertz CT molecular complexity index is 789. The lowest BCUT2D eigenvalue weighted by Crippen LogP contribution is -2.36. The number of hydrogen-bond donors (Lipinski definition) is 3. The summed E-state index contributed by atoms with van der Waals surface area (Å²) in [5, 5.41) is 23.3. The lowest BCUT2D eigenvalue weighted by atomic mass is 9.88. The zero-order chi connectivity index (χ0) is 15.9. The second kappa shape index (κ2) is 5.12. The summed E-state index contributed by atoms with van der Waals surface area (Å²) < 4.78 is 0. The van der Waals surface area contributed by atoms with Gasteiger partial charge in [0.25, 0.3) is 5.91 Å². The van der Waals surface area contributed by atoms with Gasteiger partial charge in [-0.2, -0.15) is 0 Å². The summed E-state index contributed by atoms with van der Waals surface area (Å²) >= 11 is 5.90. The minimum Gasteiger partial charge on any atom is -0.507 e. The zero-order valence-electron chi connectivity index (χ0n) is 11.3. The van der Waals surface area contributed by atoms with Crippen molar-refractivity contribution < 1.29 is 19.8 Å². The summed E-state index contributed by atoms with van der Waals surface area (Å²) in [6, 6.07) is 10.6. The first-order chi connectivity index (χ1) is 10.4. The fourth-order valence-electron chi connectivity index (χ4n) is 2.53. The standard InChI is InChI=1S/C16H12ClNO4/c17-9-5-6-12-11(7-9)16(22,15(21)18-12)8-14(20)10-3-1-2-4-13(10)19/h1-7,19,22H,8H2,(H,18,21)/t16-/m1/s1. The number of carbonyl (C=O) groups is 2. The van der Waals surface area contributed by atoms with E-state index in [-0.39, 0.29) is 16.9 Å². The van der Waals surface area contributed by atoms with Crippen molar-refractivity contribution in [1.29, 1.82) is 0 Å². The molecule has 0 bridgehead atoms. The molecule has 1 heterocycles. The van der Waals surface area contributed by atoms with Gasteiger partial charge in [0.2, 0.25) is 0 Å². The number of amides is 1. The molecular weight excluding hydrogens is 306 g/mol. The summed E-state index contributed by atoms with van der Waals surface area (Å²) in [5.41, 5.74) is -1.27. The highest BCUT2D eigenvalue weighted by atomic mass is 35.5. The fourth-order valence-corrected chi connectivity index (χ4v) is 2.70. The third kappa shape index (κ3) is 2.24. The Labute approximate surface area is 131 Å². The Morgan fingerprint density at radius 1 is 1.23 bits per heavy atom. The van der Waals surface area contributed by atoms with E-state index in [4.69, 9.17) is 11.6 Å². The molecule has 1 aliphatic rings. The number of phenols is 1. The summed E-state index contributed by atoms with van der Waals surface area (Å²) in [6.45, 7) is 0. The topological polar surface area (TPSA) is 86.6 Å². The molecule has 0 aromatic heterocycles. The number of carbonyl (C=O) groups excluding carboxylic acids is 2. The van der Waals surface area contributed by atoms with Gasteiger partial charge in [-0.25, -0.2) is 0 Å². The second-order valence-electron chi connectivity index (χ2n) is 5.12.